The van der Waals surface area contributed by atoms with Gasteiger partial charge in [0.2, 0.25) is 0 Å². The van der Waals surface area contributed by atoms with Crippen molar-refractivity contribution in [3.8, 4) is 0 Å². The van der Waals surface area contributed by atoms with Gasteiger partial charge in [0.1, 0.15) is 18.0 Å². The number of ether oxygens (including phenoxy) is 1. The summed E-state index contributed by atoms with van der Waals surface area (Å²) in [6.45, 7) is 6.33. The second kappa shape index (κ2) is 9.29. The average molecular weight is 403 g/mol. The van der Waals surface area contributed by atoms with Crippen molar-refractivity contribution in [2.75, 3.05) is 31.6 Å². The van der Waals surface area contributed by atoms with E-state index in [4.69, 9.17) is 21.7 Å². The predicted molar refractivity (Wildman–Crippen MR) is 107 cm³/mol. The van der Waals surface area contributed by atoms with Gasteiger partial charge < -0.3 is 20.3 Å². The Balaban J connectivity index is 1.75. The van der Waals surface area contributed by atoms with Gasteiger partial charge in [-0.05, 0) is 18.2 Å². The Morgan fingerprint density at radius 2 is 2.00 bits per heavy atom. The molecule has 0 atom stereocenters. The molecule has 1 fully saturated rings. The molecular formula is C19H20ClFN6O. The van der Waals surface area contributed by atoms with E-state index in [-0.39, 0.29) is 5.02 Å². The Hall–Kier alpha value is -2.97. The number of hydrogen-bond acceptors (Lipinski definition) is 6. The third-order valence-electron chi connectivity index (χ3n) is 4.06. The molecule has 1 saturated heterocycles. The SMILES string of the molecule is C=C(NC=C(C(=N)N1CCOCC1)c1cncnc1)Nc1ccc(F)c(Cl)c1. The Labute approximate surface area is 167 Å². The first-order chi connectivity index (χ1) is 13.5. The molecule has 0 radical (unpaired) electrons. The van der Waals surface area contributed by atoms with Crippen LogP contribution in [0.2, 0.25) is 5.02 Å². The van der Waals surface area contributed by atoms with Gasteiger partial charge in [-0.15, -0.1) is 0 Å². The van der Waals surface area contributed by atoms with Crippen LogP contribution in [0.5, 0.6) is 0 Å². The van der Waals surface area contributed by atoms with Crippen LogP contribution >= 0.6 is 11.6 Å². The van der Waals surface area contributed by atoms with E-state index in [1.54, 1.807) is 24.7 Å². The monoisotopic (exact) mass is 402 g/mol. The molecule has 28 heavy (non-hydrogen) atoms. The summed E-state index contributed by atoms with van der Waals surface area (Å²) in [5.41, 5.74) is 1.90. The molecule has 0 spiro atoms. The molecule has 0 saturated carbocycles. The Bertz CT molecular complexity index is 883. The molecule has 1 aromatic heterocycles. The first-order valence-electron chi connectivity index (χ1n) is 8.59. The zero-order chi connectivity index (χ0) is 19.9. The van der Waals surface area contributed by atoms with Crippen LogP contribution in [0.1, 0.15) is 5.56 Å². The quantitative estimate of drug-likeness (QED) is 0.508. The summed E-state index contributed by atoms with van der Waals surface area (Å²) in [4.78, 5) is 10.0. The standard InChI is InChI=1S/C19H20ClFN6O/c1-13(26-15-2-3-18(21)17(20)8-15)25-11-16(14-9-23-12-24-10-14)19(22)27-4-6-28-7-5-27/h2-3,8-12,22,25-26H,1,4-7H2. The van der Waals surface area contributed by atoms with Crippen LogP contribution in [0.25, 0.3) is 5.57 Å². The number of amidine groups is 1. The number of aromatic nitrogens is 2. The second-order valence-corrected chi connectivity index (χ2v) is 6.42. The van der Waals surface area contributed by atoms with Crippen LogP contribution in [0.3, 0.4) is 0 Å². The second-order valence-electron chi connectivity index (χ2n) is 6.01. The number of morpholine rings is 1. The van der Waals surface area contributed by atoms with Crippen LogP contribution in [0, 0.1) is 11.2 Å². The molecule has 0 aliphatic carbocycles. The maximum absolute atomic E-state index is 13.3. The average Bonchev–Trinajstić information content (AvgIpc) is 2.72. The number of nitrogens with zero attached hydrogens (tertiary/aromatic N) is 3. The Kier molecular flexibility index (Phi) is 6.57. The van der Waals surface area contributed by atoms with Crippen molar-refractivity contribution in [1.29, 1.82) is 5.41 Å². The van der Waals surface area contributed by atoms with Gasteiger partial charge in [-0.2, -0.15) is 0 Å². The maximum atomic E-state index is 13.3. The Morgan fingerprint density at radius 3 is 2.68 bits per heavy atom. The molecular weight excluding hydrogens is 383 g/mol. The van der Waals surface area contributed by atoms with Crippen molar-refractivity contribution in [2.24, 2.45) is 0 Å². The van der Waals surface area contributed by atoms with Gasteiger partial charge in [-0.3, -0.25) is 5.41 Å². The van der Waals surface area contributed by atoms with E-state index in [9.17, 15) is 4.39 Å². The van der Waals surface area contributed by atoms with Gasteiger partial charge in [-0.25, -0.2) is 14.4 Å². The molecule has 3 rings (SSSR count). The van der Waals surface area contributed by atoms with Crippen molar-refractivity contribution in [2.45, 2.75) is 0 Å². The third kappa shape index (κ3) is 5.05. The van der Waals surface area contributed by atoms with Crippen molar-refractivity contribution < 1.29 is 9.13 Å². The fourth-order valence-corrected chi connectivity index (χ4v) is 2.81. The zero-order valence-corrected chi connectivity index (χ0v) is 15.8. The zero-order valence-electron chi connectivity index (χ0n) is 15.1. The summed E-state index contributed by atoms with van der Waals surface area (Å²) in [7, 11) is 0. The van der Waals surface area contributed by atoms with E-state index < -0.39 is 5.82 Å². The van der Waals surface area contributed by atoms with E-state index in [0.717, 1.165) is 0 Å². The molecule has 1 aliphatic rings. The lowest BCUT2D eigenvalue weighted by Gasteiger charge is -2.30. The molecule has 3 N–H and O–H groups in total. The number of rotatable bonds is 6. The first-order valence-corrected chi connectivity index (χ1v) is 8.97. The van der Waals surface area contributed by atoms with E-state index in [1.165, 1.54) is 18.5 Å². The largest absolute Gasteiger partial charge is 0.378 e. The summed E-state index contributed by atoms with van der Waals surface area (Å²) in [6.07, 6.45) is 6.39. The van der Waals surface area contributed by atoms with Crippen LogP contribution in [-0.4, -0.2) is 47.0 Å². The lowest BCUT2D eigenvalue weighted by Crippen LogP contribution is -2.41. The van der Waals surface area contributed by atoms with Crippen molar-refractivity contribution in [3.05, 3.63) is 71.9 Å². The molecule has 0 amide bonds. The number of nitrogens with one attached hydrogen (secondary N) is 3. The minimum Gasteiger partial charge on any atom is -0.378 e. The van der Waals surface area contributed by atoms with Crippen LogP contribution in [-0.2, 0) is 4.74 Å². The van der Waals surface area contributed by atoms with Gasteiger partial charge in [0, 0.05) is 48.5 Å². The number of benzene rings is 1. The molecule has 146 valence electrons. The van der Waals surface area contributed by atoms with Gasteiger partial charge in [0.25, 0.3) is 0 Å². The lowest BCUT2D eigenvalue weighted by molar-refractivity contribution is 0.0683. The normalized spacial score (nSPS) is 14.5. The maximum Gasteiger partial charge on any atom is 0.141 e. The third-order valence-corrected chi connectivity index (χ3v) is 4.35. The molecule has 1 aliphatic heterocycles. The highest BCUT2D eigenvalue weighted by Gasteiger charge is 2.19. The van der Waals surface area contributed by atoms with Crippen LogP contribution < -0.4 is 10.6 Å². The molecule has 2 heterocycles. The summed E-state index contributed by atoms with van der Waals surface area (Å²) in [5.74, 6) is 0.283. The van der Waals surface area contributed by atoms with E-state index >= 15 is 0 Å². The highest BCUT2D eigenvalue weighted by atomic mass is 35.5. The fourth-order valence-electron chi connectivity index (χ4n) is 2.63. The van der Waals surface area contributed by atoms with E-state index in [0.29, 0.717) is 54.8 Å². The van der Waals surface area contributed by atoms with Crippen molar-refractivity contribution in [1.82, 2.24) is 20.2 Å². The van der Waals surface area contributed by atoms with Crippen LogP contribution in [0.4, 0.5) is 10.1 Å². The smallest absolute Gasteiger partial charge is 0.141 e. The first kappa shape index (κ1) is 19.8. The summed E-state index contributed by atoms with van der Waals surface area (Å²) >= 11 is 5.80. The molecule has 1 aromatic carbocycles. The Morgan fingerprint density at radius 1 is 1.29 bits per heavy atom. The minimum absolute atomic E-state index is 0.0181. The molecule has 2 aromatic rings. The summed E-state index contributed by atoms with van der Waals surface area (Å²) in [6, 6.07) is 4.29. The number of hydrogen-bond donors (Lipinski definition) is 3. The number of halogens is 2. The van der Waals surface area contributed by atoms with Crippen molar-refractivity contribution in [3.63, 3.8) is 0 Å². The predicted octanol–water partition coefficient (Wildman–Crippen LogP) is 3.09. The minimum atomic E-state index is -0.490. The highest BCUT2D eigenvalue weighted by molar-refractivity contribution is 6.31. The lowest BCUT2D eigenvalue weighted by atomic mass is 10.1. The highest BCUT2D eigenvalue weighted by Crippen LogP contribution is 2.20. The molecule has 0 bridgehead atoms. The van der Waals surface area contributed by atoms with E-state index in [1.807, 2.05) is 4.90 Å². The molecule has 7 nitrogen and oxygen atoms in total. The van der Waals surface area contributed by atoms with E-state index in [2.05, 4.69) is 27.2 Å². The number of anilines is 1. The summed E-state index contributed by atoms with van der Waals surface area (Å²) in [5, 5.41) is 14.6. The summed E-state index contributed by atoms with van der Waals surface area (Å²) < 4.78 is 18.6. The van der Waals surface area contributed by atoms with Gasteiger partial charge >= 0.3 is 0 Å². The van der Waals surface area contributed by atoms with Gasteiger partial charge in [0.15, 0.2) is 0 Å². The molecule has 0 unspecified atom stereocenters. The molecule has 9 heteroatoms. The van der Waals surface area contributed by atoms with Gasteiger partial charge in [0.05, 0.1) is 24.1 Å². The van der Waals surface area contributed by atoms with Crippen molar-refractivity contribution >= 4 is 28.7 Å². The van der Waals surface area contributed by atoms with Crippen LogP contribution in [0.15, 0.2) is 55.5 Å². The van der Waals surface area contributed by atoms with Gasteiger partial charge in [-0.1, -0.05) is 18.2 Å². The fraction of sp³-hybridized carbons (Fsp3) is 0.211. The topological polar surface area (TPSA) is 86.2 Å².